The van der Waals surface area contributed by atoms with Gasteiger partial charge in [-0.15, -0.1) is 0 Å². The number of benzene rings is 1. The van der Waals surface area contributed by atoms with Gasteiger partial charge < -0.3 is 5.73 Å². The molecular weight excluding hydrogens is 248 g/mol. The number of hydrogen-bond donors (Lipinski definition) is 2. The zero-order chi connectivity index (χ0) is 13.3. The smallest absolute Gasteiger partial charge is 0.240 e. The van der Waals surface area contributed by atoms with Crippen LogP contribution in [0.1, 0.15) is 29.5 Å². The molecule has 0 saturated heterocycles. The van der Waals surface area contributed by atoms with E-state index in [1.54, 1.807) is 6.07 Å². The molecule has 0 aromatic heterocycles. The number of nitrogens with two attached hydrogens (primary N) is 1. The molecule has 0 aliphatic heterocycles. The molecule has 4 nitrogen and oxygen atoms in total. The molecule has 0 heterocycles. The number of sulfonamides is 1. The van der Waals surface area contributed by atoms with Gasteiger partial charge >= 0.3 is 0 Å². The summed E-state index contributed by atoms with van der Waals surface area (Å²) in [5.41, 5.74) is 8.21. The lowest BCUT2D eigenvalue weighted by Gasteiger charge is -2.13. The van der Waals surface area contributed by atoms with Crippen molar-refractivity contribution in [2.75, 3.05) is 6.54 Å². The van der Waals surface area contributed by atoms with Gasteiger partial charge in [0.2, 0.25) is 10.0 Å². The molecule has 0 bridgehead atoms. The van der Waals surface area contributed by atoms with Crippen LogP contribution in [0.25, 0.3) is 0 Å². The van der Waals surface area contributed by atoms with Gasteiger partial charge in [0, 0.05) is 13.1 Å². The summed E-state index contributed by atoms with van der Waals surface area (Å²) in [7, 11) is -3.41. The summed E-state index contributed by atoms with van der Waals surface area (Å²) < 4.78 is 27.2. The fraction of sp³-hybridized carbons (Fsp3) is 0.538. The van der Waals surface area contributed by atoms with E-state index < -0.39 is 10.0 Å². The molecule has 1 aromatic carbocycles. The van der Waals surface area contributed by atoms with Crippen LogP contribution < -0.4 is 10.5 Å². The third-order valence-corrected chi connectivity index (χ3v) is 5.01. The predicted molar refractivity (Wildman–Crippen MR) is 71.7 cm³/mol. The molecule has 0 radical (unpaired) electrons. The summed E-state index contributed by atoms with van der Waals surface area (Å²) in [4.78, 5) is 0.364. The number of aryl methyl sites for hydroxylation is 1. The highest BCUT2D eigenvalue weighted by molar-refractivity contribution is 7.89. The van der Waals surface area contributed by atoms with Crippen molar-refractivity contribution in [1.82, 2.24) is 4.72 Å². The van der Waals surface area contributed by atoms with Crippen LogP contribution in [0.4, 0.5) is 0 Å². The molecule has 2 rings (SSSR count). The zero-order valence-electron chi connectivity index (χ0n) is 10.9. The Bertz CT molecular complexity index is 548. The lowest BCUT2D eigenvalue weighted by atomic mass is 10.1. The maximum Gasteiger partial charge on any atom is 0.240 e. The van der Waals surface area contributed by atoms with Gasteiger partial charge in [-0.3, -0.25) is 0 Å². The van der Waals surface area contributed by atoms with Gasteiger partial charge in [0.1, 0.15) is 0 Å². The molecule has 100 valence electrons. The Hall–Kier alpha value is -0.910. The van der Waals surface area contributed by atoms with Crippen LogP contribution in [-0.4, -0.2) is 15.0 Å². The standard InChI is InChI=1S/C13H20N2O2S/c1-9-5-12(7-14)6-13(10(9)2)18(16,17)15-8-11-3-4-11/h5-6,11,15H,3-4,7-8,14H2,1-2H3. The van der Waals surface area contributed by atoms with E-state index in [-0.39, 0.29) is 0 Å². The Morgan fingerprint density at radius 2 is 2.00 bits per heavy atom. The first kappa shape index (κ1) is 13.5. The number of nitrogens with one attached hydrogen (secondary N) is 1. The van der Waals surface area contributed by atoms with Crippen LogP contribution in [-0.2, 0) is 16.6 Å². The summed E-state index contributed by atoms with van der Waals surface area (Å²) >= 11 is 0. The van der Waals surface area contributed by atoms with Gasteiger partial charge in [0.25, 0.3) is 0 Å². The van der Waals surface area contributed by atoms with Crippen molar-refractivity contribution in [1.29, 1.82) is 0 Å². The maximum atomic E-state index is 12.3. The van der Waals surface area contributed by atoms with Crippen LogP contribution in [0.2, 0.25) is 0 Å². The van der Waals surface area contributed by atoms with Gasteiger partial charge in [-0.2, -0.15) is 0 Å². The normalized spacial score (nSPS) is 15.9. The molecule has 1 aromatic rings. The van der Waals surface area contributed by atoms with Gasteiger partial charge in [0.15, 0.2) is 0 Å². The van der Waals surface area contributed by atoms with E-state index in [4.69, 9.17) is 5.73 Å². The van der Waals surface area contributed by atoms with Crippen molar-refractivity contribution >= 4 is 10.0 Å². The Morgan fingerprint density at radius 3 is 2.56 bits per heavy atom. The van der Waals surface area contributed by atoms with Crippen LogP contribution in [0.3, 0.4) is 0 Å². The quantitative estimate of drug-likeness (QED) is 0.849. The third-order valence-electron chi connectivity index (χ3n) is 3.46. The molecule has 3 N–H and O–H groups in total. The van der Waals surface area contributed by atoms with Crippen molar-refractivity contribution < 1.29 is 8.42 Å². The number of hydrogen-bond acceptors (Lipinski definition) is 3. The van der Waals surface area contributed by atoms with Crippen molar-refractivity contribution in [3.8, 4) is 0 Å². The van der Waals surface area contributed by atoms with Gasteiger partial charge in [-0.1, -0.05) is 6.07 Å². The van der Waals surface area contributed by atoms with Gasteiger partial charge in [-0.05, 0) is 55.4 Å². The van der Waals surface area contributed by atoms with E-state index in [1.165, 1.54) is 0 Å². The molecule has 1 aliphatic carbocycles. The molecule has 0 spiro atoms. The van der Waals surface area contributed by atoms with E-state index in [1.807, 2.05) is 19.9 Å². The molecule has 18 heavy (non-hydrogen) atoms. The lowest BCUT2D eigenvalue weighted by molar-refractivity contribution is 0.576. The Balaban J connectivity index is 2.32. The van der Waals surface area contributed by atoms with E-state index in [0.29, 0.717) is 23.9 Å². The van der Waals surface area contributed by atoms with Crippen molar-refractivity contribution in [2.24, 2.45) is 11.7 Å². The Kier molecular flexibility index (Phi) is 3.75. The molecule has 1 saturated carbocycles. The van der Waals surface area contributed by atoms with Gasteiger partial charge in [-0.25, -0.2) is 13.1 Å². The fourth-order valence-electron chi connectivity index (χ4n) is 1.92. The van der Waals surface area contributed by atoms with E-state index in [0.717, 1.165) is 29.5 Å². The van der Waals surface area contributed by atoms with Crippen molar-refractivity contribution in [2.45, 2.75) is 38.1 Å². The Morgan fingerprint density at radius 1 is 1.33 bits per heavy atom. The number of rotatable bonds is 5. The second kappa shape index (κ2) is 4.99. The minimum atomic E-state index is -3.41. The highest BCUT2D eigenvalue weighted by Crippen LogP contribution is 2.28. The second-order valence-electron chi connectivity index (χ2n) is 5.04. The average molecular weight is 268 g/mol. The summed E-state index contributed by atoms with van der Waals surface area (Å²) in [5, 5.41) is 0. The van der Waals surface area contributed by atoms with Crippen molar-refractivity contribution in [3.63, 3.8) is 0 Å². The van der Waals surface area contributed by atoms with Crippen LogP contribution in [0, 0.1) is 19.8 Å². The largest absolute Gasteiger partial charge is 0.326 e. The summed E-state index contributed by atoms with van der Waals surface area (Å²) in [6.07, 6.45) is 2.26. The molecule has 0 amide bonds. The summed E-state index contributed by atoms with van der Waals surface area (Å²) in [6, 6.07) is 3.62. The first-order valence-corrected chi connectivity index (χ1v) is 7.72. The molecule has 1 fully saturated rings. The van der Waals surface area contributed by atoms with Crippen molar-refractivity contribution in [3.05, 3.63) is 28.8 Å². The molecule has 1 aliphatic rings. The van der Waals surface area contributed by atoms with E-state index in [9.17, 15) is 8.42 Å². The minimum Gasteiger partial charge on any atom is -0.326 e. The fourth-order valence-corrected chi connectivity index (χ4v) is 3.40. The second-order valence-corrected chi connectivity index (χ2v) is 6.77. The molecule has 5 heteroatoms. The highest BCUT2D eigenvalue weighted by atomic mass is 32.2. The van der Waals surface area contributed by atoms with Crippen LogP contribution in [0.5, 0.6) is 0 Å². The topological polar surface area (TPSA) is 72.2 Å². The molecule has 0 atom stereocenters. The SMILES string of the molecule is Cc1cc(CN)cc(S(=O)(=O)NCC2CC2)c1C. The van der Waals surface area contributed by atoms with Crippen LogP contribution in [0.15, 0.2) is 17.0 Å². The predicted octanol–water partition coefficient (Wildman–Crippen LogP) is 1.45. The molecular formula is C13H20N2O2S. The first-order valence-electron chi connectivity index (χ1n) is 6.24. The highest BCUT2D eigenvalue weighted by Gasteiger charge is 2.25. The maximum absolute atomic E-state index is 12.3. The first-order chi connectivity index (χ1) is 8.44. The summed E-state index contributed by atoms with van der Waals surface area (Å²) in [6.45, 7) is 4.65. The summed E-state index contributed by atoms with van der Waals surface area (Å²) in [5.74, 6) is 0.527. The lowest BCUT2D eigenvalue weighted by Crippen LogP contribution is -2.27. The van der Waals surface area contributed by atoms with Crippen LogP contribution >= 0.6 is 0 Å². The average Bonchev–Trinajstić information content (AvgIpc) is 3.13. The monoisotopic (exact) mass is 268 g/mol. The van der Waals surface area contributed by atoms with E-state index >= 15 is 0 Å². The zero-order valence-corrected chi connectivity index (χ0v) is 11.7. The molecule has 0 unspecified atom stereocenters. The minimum absolute atomic E-state index is 0.353. The Labute approximate surface area is 109 Å². The third kappa shape index (κ3) is 2.91. The van der Waals surface area contributed by atoms with Gasteiger partial charge in [0.05, 0.1) is 4.90 Å². The van der Waals surface area contributed by atoms with E-state index in [2.05, 4.69) is 4.72 Å².